The van der Waals surface area contributed by atoms with Gasteiger partial charge in [0.2, 0.25) is 0 Å². The van der Waals surface area contributed by atoms with E-state index in [2.05, 4.69) is 0 Å². The highest BCUT2D eigenvalue weighted by atomic mass is 32.2. The SMILES string of the molecule is CC(C)(C)OC(=O)NS(=O)(=O)c1ccc(N)cc1. The third kappa shape index (κ3) is 4.25. The molecule has 0 aliphatic carbocycles. The maximum atomic E-state index is 11.8. The second-order valence-electron chi connectivity index (χ2n) is 4.68. The molecule has 0 fully saturated rings. The molecule has 7 heteroatoms. The van der Waals surface area contributed by atoms with Crippen molar-refractivity contribution in [3.05, 3.63) is 24.3 Å². The molecule has 100 valence electrons. The van der Waals surface area contributed by atoms with E-state index in [1.54, 1.807) is 20.8 Å². The highest BCUT2D eigenvalue weighted by Crippen LogP contribution is 2.13. The Bertz CT molecular complexity index is 529. The highest BCUT2D eigenvalue weighted by molar-refractivity contribution is 7.90. The summed E-state index contributed by atoms with van der Waals surface area (Å²) < 4.78 is 30.3. The van der Waals surface area contributed by atoms with Crippen LogP contribution >= 0.6 is 0 Å². The first-order valence-electron chi connectivity index (χ1n) is 5.21. The van der Waals surface area contributed by atoms with Crippen LogP contribution in [0.5, 0.6) is 0 Å². The lowest BCUT2D eigenvalue weighted by atomic mass is 10.2. The largest absolute Gasteiger partial charge is 0.443 e. The summed E-state index contributed by atoms with van der Waals surface area (Å²) in [5.41, 5.74) is 5.12. The predicted molar refractivity (Wildman–Crippen MR) is 67.4 cm³/mol. The lowest BCUT2D eigenvalue weighted by Crippen LogP contribution is -2.36. The molecule has 6 nitrogen and oxygen atoms in total. The van der Waals surface area contributed by atoms with Crippen LogP contribution in [0.2, 0.25) is 0 Å². The first-order chi connectivity index (χ1) is 8.10. The smallest absolute Gasteiger partial charge is 0.421 e. The Morgan fingerprint density at radius 1 is 1.22 bits per heavy atom. The van der Waals surface area contributed by atoms with E-state index in [-0.39, 0.29) is 4.90 Å². The summed E-state index contributed by atoms with van der Waals surface area (Å²) in [7, 11) is -3.93. The maximum absolute atomic E-state index is 11.8. The molecule has 1 aromatic carbocycles. The van der Waals surface area contributed by atoms with E-state index in [4.69, 9.17) is 10.5 Å². The number of ether oxygens (including phenoxy) is 1. The average Bonchev–Trinajstić information content (AvgIpc) is 2.13. The number of nitrogens with two attached hydrogens (primary N) is 1. The molecule has 0 bridgehead atoms. The third-order valence-corrected chi connectivity index (χ3v) is 3.14. The van der Waals surface area contributed by atoms with E-state index >= 15 is 0 Å². The average molecular weight is 272 g/mol. The molecule has 1 rings (SSSR count). The Labute approximate surface area is 106 Å². The van der Waals surface area contributed by atoms with Crippen LogP contribution in [-0.4, -0.2) is 20.1 Å². The molecule has 3 N–H and O–H groups in total. The summed E-state index contributed by atoms with van der Waals surface area (Å²) in [5, 5.41) is 0. The Morgan fingerprint density at radius 3 is 2.17 bits per heavy atom. The number of hydrogen-bond acceptors (Lipinski definition) is 5. The quantitative estimate of drug-likeness (QED) is 0.794. The summed E-state index contributed by atoms with van der Waals surface area (Å²) in [6.07, 6.45) is -1.01. The fourth-order valence-corrected chi connectivity index (χ4v) is 1.99. The first kappa shape index (κ1) is 14.3. The van der Waals surface area contributed by atoms with Crippen molar-refractivity contribution < 1.29 is 17.9 Å². The van der Waals surface area contributed by atoms with E-state index < -0.39 is 21.7 Å². The van der Waals surface area contributed by atoms with Gasteiger partial charge in [0.15, 0.2) is 0 Å². The van der Waals surface area contributed by atoms with Gasteiger partial charge in [0.05, 0.1) is 4.90 Å². The highest BCUT2D eigenvalue weighted by Gasteiger charge is 2.22. The number of carbonyl (C=O) groups excluding carboxylic acids is 1. The van der Waals surface area contributed by atoms with Crippen LogP contribution in [0.15, 0.2) is 29.2 Å². The van der Waals surface area contributed by atoms with Crippen molar-refractivity contribution in [1.82, 2.24) is 4.72 Å². The number of amides is 1. The molecule has 0 aliphatic rings. The van der Waals surface area contributed by atoms with E-state index in [0.717, 1.165) is 0 Å². The zero-order chi connectivity index (χ0) is 14.0. The van der Waals surface area contributed by atoms with Gasteiger partial charge >= 0.3 is 6.09 Å². The van der Waals surface area contributed by atoms with Crippen molar-refractivity contribution in [3.8, 4) is 0 Å². The Balaban J connectivity index is 2.83. The monoisotopic (exact) mass is 272 g/mol. The van der Waals surface area contributed by atoms with E-state index in [9.17, 15) is 13.2 Å². The summed E-state index contributed by atoms with van der Waals surface area (Å²) in [4.78, 5) is 11.3. The second kappa shape index (κ2) is 4.85. The number of benzene rings is 1. The van der Waals surface area contributed by atoms with Crippen LogP contribution in [0.4, 0.5) is 10.5 Å². The minimum atomic E-state index is -3.93. The number of rotatable bonds is 2. The number of hydrogen-bond donors (Lipinski definition) is 2. The molecule has 0 heterocycles. The summed E-state index contributed by atoms with van der Waals surface area (Å²) in [6.45, 7) is 4.92. The molecule has 0 aromatic heterocycles. The van der Waals surface area contributed by atoms with E-state index in [0.29, 0.717) is 5.69 Å². The fraction of sp³-hybridized carbons (Fsp3) is 0.364. The fourth-order valence-electron chi connectivity index (χ4n) is 1.11. The van der Waals surface area contributed by atoms with Gasteiger partial charge in [-0.25, -0.2) is 17.9 Å². The van der Waals surface area contributed by atoms with Crippen LogP contribution in [0, 0.1) is 0 Å². The maximum Gasteiger partial charge on any atom is 0.421 e. The number of carbonyl (C=O) groups is 1. The third-order valence-electron chi connectivity index (χ3n) is 1.81. The predicted octanol–water partition coefficient (Wildman–Crippen LogP) is 1.48. The Morgan fingerprint density at radius 2 is 1.72 bits per heavy atom. The van der Waals surface area contributed by atoms with Crippen molar-refractivity contribution in [1.29, 1.82) is 0 Å². The lowest BCUT2D eigenvalue weighted by molar-refractivity contribution is 0.0570. The van der Waals surface area contributed by atoms with Crippen molar-refractivity contribution in [2.75, 3.05) is 5.73 Å². The van der Waals surface area contributed by atoms with Crippen molar-refractivity contribution >= 4 is 21.8 Å². The number of anilines is 1. The molecule has 1 aromatic rings. The topological polar surface area (TPSA) is 98.5 Å². The molecule has 0 spiro atoms. The van der Waals surface area contributed by atoms with Crippen LogP contribution in [0.1, 0.15) is 20.8 Å². The normalized spacial score (nSPS) is 11.9. The van der Waals surface area contributed by atoms with Crippen molar-refractivity contribution in [2.24, 2.45) is 0 Å². The standard InChI is InChI=1S/C11H16N2O4S/c1-11(2,3)17-10(14)13-18(15,16)9-6-4-8(12)5-7-9/h4-7H,12H2,1-3H3,(H,13,14). The van der Waals surface area contributed by atoms with Crippen LogP contribution in [0.3, 0.4) is 0 Å². The molecule has 0 radical (unpaired) electrons. The molecule has 0 saturated heterocycles. The Hall–Kier alpha value is -1.76. The Kier molecular flexibility index (Phi) is 3.85. The lowest BCUT2D eigenvalue weighted by Gasteiger charge is -2.19. The van der Waals surface area contributed by atoms with Gasteiger partial charge < -0.3 is 10.5 Å². The van der Waals surface area contributed by atoms with Gasteiger partial charge in [-0.05, 0) is 45.0 Å². The van der Waals surface area contributed by atoms with Gasteiger partial charge in [-0.1, -0.05) is 0 Å². The van der Waals surface area contributed by atoms with Gasteiger partial charge in [-0.3, -0.25) is 0 Å². The van der Waals surface area contributed by atoms with E-state index in [1.807, 2.05) is 4.72 Å². The molecule has 0 saturated carbocycles. The minimum Gasteiger partial charge on any atom is -0.443 e. The molecule has 0 aliphatic heterocycles. The van der Waals surface area contributed by atoms with Crippen LogP contribution < -0.4 is 10.5 Å². The molecular weight excluding hydrogens is 256 g/mol. The number of sulfonamides is 1. The van der Waals surface area contributed by atoms with Gasteiger partial charge in [-0.15, -0.1) is 0 Å². The van der Waals surface area contributed by atoms with Gasteiger partial charge in [-0.2, -0.15) is 0 Å². The van der Waals surface area contributed by atoms with Gasteiger partial charge in [0.1, 0.15) is 5.60 Å². The molecule has 1 amide bonds. The summed E-state index contributed by atoms with van der Waals surface area (Å²) in [6, 6.07) is 5.48. The second-order valence-corrected chi connectivity index (χ2v) is 6.36. The summed E-state index contributed by atoms with van der Waals surface area (Å²) >= 11 is 0. The van der Waals surface area contributed by atoms with Crippen molar-refractivity contribution in [3.63, 3.8) is 0 Å². The van der Waals surface area contributed by atoms with Crippen LogP contribution in [0.25, 0.3) is 0 Å². The number of nitrogens with one attached hydrogen (secondary N) is 1. The first-order valence-corrected chi connectivity index (χ1v) is 6.70. The van der Waals surface area contributed by atoms with Crippen molar-refractivity contribution in [2.45, 2.75) is 31.3 Å². The minimum absolute atomic E-state index is 0.0532. The molecule has 0 atom stereocenters. The number of nitrogen functional groups attached to an aromatic ring is 1. The molecule has 0 unspecified atom stereocenters. The van der Waals surface area contributed by atoms with Gasteiger partial charge in [0, 0.05) is 5.69 Å². The van der Waals surface area contributed by atoms with Crippen LogP contribution in [-0.2, 0) is 14.8 Å². The summed E-state index contributed by atoms with van der Waals surface area (Å²) in [5.74, 6) is 0. The molecular formula is C11H16N2O4S. The zero-order valence-electron chi connectivity index (χ0n) is 10.4. The van der Waals surface area contributed by atoms with Gasteiger partial charge in [0.25, 0.3) is 10.0 Å². The molecule has 18 heavy (non-hydrogen) atoms. The van der Waals surface area contributed by atoms with E-state index in [1.165, 1.54) is 24.3 Å². The zero-order valence-corrected chi connectivity index (χ0v) is 11.2.